The molecule has 9 nitrogen and oxygen atoms in total. The number of carbonyl (C=O) groups excluding carboxylic acids is 2. The minimum Gasteiger partial charge on any atom is -0.339 e. The number of H-pyrrole nitrogens is 1. The first kappa shape index (κ1) is 17.7. The number of hydrogen-bond donors (Lipinski definition) is 2. The molecule has 28 heavy (non-hydrogen) atoms. The minimum absolute atomic E-state index is 0.0130. The highest BCUT2D eigenvalue weighted by Crippen LogP contribution is 2.23. The molecule has 1 fully saturated rings. The van der Waals surface area contributed by atoms with E-state index in [9.17, 15) is 19.7 Å². The van der Waals surface area contributed by atoms with E-state index >= 15 is 0 Å². The number of amides is 2. The summed E-state index contributed by atoms with van der Waals surface area (Å²) >= 11 is 0. The lowest BCUT2D eigenvalue weighted by atomic mass is 10.1. The molecule has 0 unspecified atom stereocenters. The summed E-state index contributed by atoms with van der Waals surface area (Å²) in [6.45, 7) is 1.55. The molecule has 0 saturated carbocycles. The molecular formula is C19H17N5O4. The van der Waals surface area contributed by atoms with Gasteiger partial charge >= 0.3 is 0 Å². The quantitative estimate of drug-likeness (QED) is 0.533. The number of hydrogen-bond acceptors (Lipinski definition) is 5. The van der Waals surface area contributed by atoms with E-state index < -0.39 is 10.8 Å². The van der Waals surface area contributed by atoms with E-state index in [4.69, 9.17) is 0 Å². The lowest BCUT2D eigenvalue weighted by molar-refractivity contribution is -0.384. The molecule has 2 heterocycles. The van der Waals surface area contributed by atoms with Crippen LogP contribution in [0.5, 0.6) is 0 Å². The van der Waals surface area contributed by atoms with Crippen molar-refractivity contribution in [2.45, 2.75) is 12.8 Å². The maximum atomic E-state index is 12.6. The number of aromatic nitrogens is 2. The second-order valence-electron chi connectivity index (χ2n) is 6.59. The predicted molar refractivity (Wildman–Crippen MR) is 102 cm³/mol. The molecule has 1 saturated heterocycles. The Hall–Kier alpha value is -3.75. The van der Waals surface area contributed by atoms with Crippen LogP contribution < -0.4 is 5.32 Å². The first-order valence-electron chi connectivity index (χ1n) is 8.86. The van der Waals surface area contributed by atoms with Gasteiger partial charge in [0.2, 0.25) is 0 Å². The van der Waals surface area contributed by atoms with Crippen LogP contribution in [0.4, 0.5) is 11.4 Å². The van der Waals surface area contributed by atoms with Gasteiger partial charge in [0.1, 0.15) is 0 Å². The molecule has 9 heteroatoms. The van der Waals surface area contributed by atoms with Gasteiger partial charge in [-0.2, -0.15) is 5.10 Å². The van der Waals surface area contributed by atoms with E-state index in [1.54, 1.807) is 24.3 Å². The first-order chi connectivity index (χ1) is 13.5. The summed E-state index contributed by atoms with van der Waals surface area (Å²) < 4.78 is 0. The van der Waals surface area contributed by atoms with Crippen molar-refractivity contribution >= 4 is 34.1 Å². The number of carbonyl (C=O) groups is 2. The van der Waals surface area contributed by atoms with Gasteiger partial charge < -0.3 is 10.2 Å². The highest BCUT2D eigenvalue weighted by molar-refractivity contribution is 6.11. The number of nitrogens with zero attached hydrogens (tertiary/aromatic N) is 3. The van der Waals surface area contributed by atoms with Crippen molar-refractivity contribution in [1.29, 1.82) is 0 Å². The number of benzene rings is 2. The average Bonchev–Trinajstić information content (AvgIpc) is 3.37. The van der Waals surface area contributed by atoms with Gasteiger partial charge in [-0.05, 0) is 43.2 Å². The standard InChI is InChI=1S/C19H17N5O4/c25-18(17-15-11-14(24(27)28)7-8-16(15)21-22-17)20-13-5-3-12(4-6-13)19(26)23-9-1-2-10-23/h3-8,11H,1-2,9-10H2,(H,20,25)(H,21,22). The van der Waals surface area contributed by atoms with Crippen molar-refractivity contribution in [3.63, 3.8) is 0 Å². The number of nitrogens with one attached hydrogen (secondary N) is 2. The molecule has 0 bridgehead atoms. The van der Waals surface area contributed by atoms with E-state index in [1.165, 1.54) is 18.2 Å². The van der Waals surface area contributed by atoms with E-state index in [1.807, 2.05) is 4.90 Å². The number of rotatable bonds is 4. The Morgan fingerprint density at radius 3 is 2.50 bits per heavy atom. The predicted octanol–water partition coefficient (Wildman–Crippen LogP) is 2.96. The summed E-state index contributed by atoms with van der Waals surface area (Å²) in [4.78, 5) is 37.2. The van der Waals surface area contributed by atoms with E-state index in [0.29, 0.717) is 22.2 Å². The number of anilines is 1. The largest absolute Gasteiger partial charge is 0.339 e. The van der Waals surface area contributed by atoms with E-state index in [-0.39, 0.29) is 17.3 Å². The Morgan fingerprint density at radius 2 is 1.82 bits per heavy atom. The highest BCUT2D eigenvalue weighted by Gasteiger charge is 2.20. The summed E-state index contributed by atoms with van der Waals surface area (Å²) in [5.74, 6) is -0.508. The zero-order valence-corrected chi connectivity index (χ0v) is 14.8. The third-order valence-corrected chi connectivity index (χ3v) is 4.76. The van der Waals surface area contributed by atoms with Crippen LogP contribution in [0.15, 0.2) is 42.5 Å². The summed E-state index contributed by atoms with van der Waals surface area (Å²) in [6.07, 6.45) is 2.05. The van der Waals surface area contributed by atoms with Crippen LogP contribution in [0, 0.1) is 10.1 Å². The molecule has 4 rings (SSSR count). The molecule has 0 spiro atoms. The Labute approximate surface area is 159 Å². The molecule has 0 radical (unpaired) electrons. The number of nitro benzene ring substituents is 1. The first-order valence-corrected chi connectivity index (χ1v) is 8.86. The molecule has 1 aromatic heterocycles. The fraction of sp³-hybridized carbons (Fsp3) is 0.211. The minimum atomic E-state index is -0.524. The van der Waals surface area contributed by atoms with Gasteiger partial charge in [0.15, 0.2) is 5.69 Å². The molecule has 0 aliphatic carbocycles. The van der Waals surface area contributed by atoms with Gasteiger partial charge in [-0.1, -0.05) is 0 Å². The molecule has 2 amide bonds. The van der Waals surface area contributed by atoms with Crippen molar-refractivity contribution in [1.82, 2.24) is 15.1 Å². The number of nitro groups is 1. The van der Waals surface area contributed by atoms with E-state index in [2.05, 4.69) is 15.5 Å². The lowest BCUT2D eigenvalue weighted by Gasteiger charge is -2.15. The number of aromatic amines is 1. The van der Waals surface area contributed by atoms with Crippen LogP contribution in [0.2, 0.25) is 0 Å². The zero-order valence-electron chi connectivity index (χ0n) is 14.8. The molecule has 3 aromatic rings. The van der Waals surface area contributed by atoms with Gasteiger partial charge in [0, 0.05) is 41.9 Å². The summed E-state index contributed by atoms with van der Waals surface area (Å²) in [7, 11) is 0. The Kier molecular flexibility index (Phi) is 4.48. The normalized spacial score (nSPS) is 13.6. The second-order valence-corrected chi connectivity index (χ2v) is 6.59. The van der Waals surface area contributed by atoms with Crippen molar-refractivity contribution in [3.05, 3.63) is 63.8 Å². The lowest BCUT2D eigenvalue weighted by Crippen LogP contribution is -2.27. The molecule has 1 aliphatic heterocycles. The summed E-state index contributed by atoms with van der Waals surface area (Å²) in [5, 5.41) is 20.7. The van der Waals surface area contributed by atoms with Crippen LogP contribution in [0.1, 0.15) is 33.7 Å². The molecular weight excluding hydrogens is 362 g/mol. The van der Waals surface area contributed by atoms with Gasteiger partial charge in [0.05, 0.1) is 10.4 Å². The van der Waals surface area contributed by atoms with Gasteiger partial charge in [0.25, 0.3) is 17.5 Å². The van der Waals surface area contributed by atoms with Crippen molar-refractivity contribution in [2.24, 2.45) is 0 Å². The number of non-ortho nitro benzene ring substituents is 1. The van der Waals surface area contributed by atoms with Crippen LogP contribution >= 0.6 is 0 Å². The Morgan fingerprint density at radius 1 is 1.11 bits per heavy atom. The Balaban J connectivity index is 1.52. The fourth-order valence-electron chi connectivity index (χ4n) is 3.28. The average molecular weight is 379 g/mol. The van der Waals surface area contributed by atoms with Crippen molar-refractivity contribution in [2.75, 3.05) is 18.4 Å². The van der Waals surface area contributed by atoms with Crippen molar-refractivity contribution in [3.8, 4) is 0 Å². The van der Waals surface area contributed by atoms with Crippen LogP contribution in [0.3, 0.4) is 0 Å². The highest BCUT2D eigenvalue weighted by atomic mass is 16.6. The topological polar surface area (TPSA) is 121 Å². The third-order valence-electron chi connectivity index (χ3n) is 4.76. The molecule has 0 atom stereocenters. The van der Waals surface area contributed by atoms with Crippen molar-refractivity contribution < 1.29 is 14.5 Å². The molecule has 1 aliphatic rings. The molecule has 2 aromatic carbocycles. The van der Waals surface area contributed by atoms with Crippen LogP contribution in [-0.4, -0.2) is 44.9 Å². The van der Waals surface area contributed by atoms with Gasteiger partial charge in [-0.15, -0.1) is 0 Å². The second kappa shape index (κ2) is 7.10. The number of fused-ring (bicyclic) bond motifs is 1. The maximum absolute atomic E-state index is 12.6. The summed E-state index contributed by atoms with van der Waals surface area (Å²) in [5.41, 5.74) is 1.55. The summed E-state index contributed by atoms with van der Waals surface area (Å²) in [6, 6.07) is 10.8. The maximum Gasteiger partial charge on any atom is 0.276 e. The molecule has 142 valence electrons. The zero-order chi connectivity index (χ0) is 19.7. The van der Waals surface area contributed by atoms with Crippen LogP contribution in [-0.2, 0) is 0 Å². The monoisotopic (exact) mass is 379 g/mol. The van der Waals surface area contributed by atoms with Gasteiger partial charge in [-0.25, -0.2) is 0 Å². The molecule has 2 N–H and O–H groups in total. The van der Waals surface area contributed by atoms with E-state index in [0.717, 1.165) is 25.9 Å². The van der Waals surface area contributed by atoms with Crippen LogP contribution in [0.25, 0.3) is 10.9 Å². The number of likely N-dealkylation sites (tertiary alicyclic amines) is 1. The Bertz CT molecular complexity index is 1070. The smallest absolute Gasteiger partial charge is 0.276 e. The SMILES string of the molecule is O=C(Nc1ccc(C(=O)N2CCCC2)cc1)c1n[nH]c2ccc([N+](=O)[O-])cc12. The third kappa shape index (κ3) is 3.29. The van der Waals surface area contributed by atoms with Gasteiger partial charge in [-0.3, -0.25) is 24.8 Å². The fourth-order valence-corrected chi connectivity index (χ4v) is 3.28.